The number of aromatic amines is 1. The first-order chi connectivity index (χ1) is 13.3. The van der Waals surface area contributed by atoms with Crippen molar-refractivity contribution in [1.82, 2.24) is 30.0 Å². The highest BCUT2D eigenvalue weighted by Crippen LogP contribution is 2.25. The topological polar surface area (TPSA) is 82.6 Å². The van der Waals surface area contributed by atoms with Gasteiger partial charge in [-0.3, -0.25) is 10.00 Å². The van der Waals surface area contributed by atoms with Gasteiger partial charge in [0.05, 0.1) is 0 Å². The Bertz CT molecular complexity index is 844. The fourth-order valence-corrected chi connectivity index (χ4v) is 3.52. The molecule has 0 bridgehead atoms. The van der Waals surface area contributed by atoms with E-state index in [2.05, 4.69) is 47.5 Å². The van der Waals surface area contributed by atoms with Crippen molar-refractivity contribution in [2.45, 2.75) is 38.8 Å². The minimum Gasteiger partial charge on any atom is -0.350 e. The number of anilines is 1. The lowest BCUT2D eigenvalue weighted by atomic mass is 9.97. The lowest BCUT2D eigenvalue weighted by Crippen LogP contribution is -2.34. The second kappa shape index (κ2) is 8.26. The van der Waals surface area contributed by atoms with Gasteiger partial charge in [-0.25, -0.2) is 15.0 Å². The molecule has 0 amide bonds. The van der Waals surface area contributed by atoms with Gasteiger partial charge in [0, 0.05) is 43.5 Å². The average molecular weight is 363 g/mol. The monoisotopic (exact) mass is 363 g/mol. The van der Waals surface area contributed by atoms with Gasteiger partial charge in [-0.2, -0.15) is 5.10 Å². The van der Waals surface area contributed by atoms with Gasteiger partial charge in [0.15, 0.2) is 5.82 Å². The first kappa shape index (κ1) is 17.6. The van der Waals surface area contributed by atoms with Crippen molar-refractivity contribution in [2.24, 2.45) is 0 Å². The Hall–Kier alpha value is -2.80. The van der Waals surface area contributed by atoms with Crippen LogP contribution in [0.1, 0.15) is 41.5 Å². The second-order valence-corrected chi connectivity index (χ2v) is 7.11. The van der Waals surface area contributed by atoms with E-state index in [4.69, 9.17) is 0 Å². The third kappa shape index (κ3) is 4.68. The summed E-state index contributed by atoms with van der Waals surface area (Å²) in [5.74, 6) is 2.88. The Balaban J connectivity index is 1.31. The molecule has 27 heavy (non-hydrogen) atoms. The highest BCUT2D eigenvalue weighted by molar-refractivity contribution is 5.28. The summed E-state index contributed by atoms with van der Waals surface area (Å²) in [6.45, 7) is 5.60. The minimum absolute atomic E-state index is 0.399. The molecule has 1 fully saturated rings. The Morgan fingerprint density at radius 2 is 1.96 bits per heavy atom. The Kier molecular flexibility index (Phi) is 5.39. The van der Waals surface area contributed by atoms with Crippen LogP contribution in [0.15, 0.2) is 42.7 Å². The number of aromatic nitrogens is 5. The van der Waals surface area contributed by atoms with Crippen molar-refractivity contribution < 1.29 is 0 Å². The maximum Gasteiger partial charge on any atom is 0.222 e. The van der Waals surface area contributed by atoms with Crippen LogP contribution in [-0.4, -0.2) is 43.1 Å². The van der Waals surface area contributed by atoms with E-state index in [-0.39, 0.29) is 0 Å². The smallest absolute Gasteiger partial charge is 0.222 e. The van der Waals surface area contributed by atoms with Gasteiger partial charge in [0.1, 0.15) is 5.82 Å². The molecule has 0 radical (unpaired) electrons. The van der Waals surface area contributed by atoms with Crippen molar-refractivity contribution in [3.63, 3.8) is 0 Å². The van der Waals surface area contributed by atoms with Crippen molar-refractivity contribution in [3.8, 4) is 0 Å². The van der Waals surface area contributed by atoms with Crippen molar-refractivity contribution in [1.29, 1.82) is 0 Å². The lowest BCUT2D eigenvalue weighted by molar-refractivity contribution is 0.196. The maximum atomic E-state index is 4.51. The molecule has 140 valence electrons. The zero-order chi connectivity index (χ0) is 18.5. The van der Waals surface area contributed by atoms with Crippen LogP contribution >= 0.6 is 0 Å². The fourth-order valence-electron chi connectivity index (χ4n) is 3.52. The summed E-state index contributed by atoms with van der Waals surface area (Å²) < 4.78 is 0. The number of nitrogens with zero attached hydrogens (tertiary/aromatic N) is 5. The normalized spacial score (nSPS) is 17.7. The van der Waals surface area contributed by atoms with Gasteiger partial charge in [-0.05, 0) is 31.9 Å². The van der Waals surface area contributed by atoms with Gasteiger partial charge in [-0.1, -0.05) is 30.3 Å². The molecule has 7 nitrogen and oxygen atoms in total. The summed E-state index contributed by atoms with van der Waals surface area (Å²) in [4.78, 5) is 15.9. The van der Waals surface area contributed by atoms with Crippen LogP contribution < -0.4 is 5.32 Å². The summed E-state index contributed by atoms with van der Waals surface area (Å²) in [6.07, 6.45) is 6.14. The number of piperidine rings is 1. The van der Waals surface area contributed by atoms with Crippen LogP contribution in [0.2, 0.25) is 0 Å². The van der Waals surface area contributed by atoms with Gasteiger partial charge >= 0.3 is 0 Å². The first-order valence-corrected chi connectivity index (χ1v) is 9.46. The Labute approximate surface area is 159 Å². The highest BCUT2D eigenvalue weighted by atomic mass is 15.2. The van der Waals surface area contributed by atoms with E-state index >= 15 is 0 Å². The molecule has 2 N–H and O–H groups in total. The molecule has 1 atom stereocenters. The molecule has 0 saturated carbocycles. The molecule has 2 aromatic heterocycles. The number of aryl methyl sites for hydroxylation is 1. The molecule has 4 rings (SSSR count). The summed E-state index contributed by atoms with van der Waals surface area (Å²) >= 11 is 0. The minimum atomic E-state index is 0.399. The molecule has 1 aromatic carbocycles. The lowest BCUT2D eigenvalue weighted by Gasteiger charge is -2.31. The summed E-state index contributed by atoms with van der Waals surface area (Å²) in [5.41, 5.74) is 2.35. The maximum absolute atomic E-state index is 4.51. The number of H-pyrrole nitrogens is 1. The SMILES string of the molecule is Cc1nc(C2CCCN(Cc3cnc(NCc4ccccc4)nc3)C2)n[nH]1. The number of hydrogen-bond acceptors (Lipinski definition) is 6. The molecule has 7 heteroatoms. The number of rotatable bonds is 6. The van der Waals surface area contributed by atoms with Gasteiger partial charge in [0.25, 0.3) is 0 Å². The summed E-state index contributed by atoms with van der Waals surface area (Å²) in [6, 6.07) is 10.3. The molecule has 1 aliphatic rings. The van der Waals surface area contributed by atoms with Crippen molar-refractivity contribution in [3.05, 3.63) is 65.5 Å². The molecule has 1 unspecified atom stereocenters. The van der Waals surface area contributed by atoms with Crippen LogP contribution in [0.25, 0.3) is 0 Å². The van der Waals surface area contributed by atoms with Gasteiger partial charge in [-0.15, -0.1) is 0 Å². The van der Waals surface area contributed by atoms with Crippen molar-refractivity contribution in [2.75, 3.05) is 18.4 Å². The van der Waals surface area contributed by atoms with E-state index in [9.17, 15) is 0 Å². The zero-order valence-corrected chi connectivity index (χ0v) is 15.6. The quantitative estimate of drug-likeness (QED) is 0.701. The van der Waals surface area contributed by atoms with Crippen LogP contribution in [0.5, 0.6) is 0 Å². The van der Waals surface area contributed by atoms with Crippen LogP contribution in [0.4, 0.5) is 5.95 Å². The molecule has 1 saturated heterocycles. The van der Waals surface area contributed by atoms with Crippen molar-refractivity contribution >= 4 is 5.95 Å². The number of benzene rings is 1. The summed E-state index contributed by atoms with van der Waals surface area (Å²) in [7, 11) is 0. The van der Waals surface area contributed by atoms with Gasteiger partial charge in [0.2, 0.25) is 5.95 Å². The van der Waals surface area contributed by atoms with E-state index in [0.717, 1.165) is 56.2 Å². The Morgan fingerprint density at radius 3 is 2.70 bits per heavy atom. The molecule has 0 aliphatic carbocycles. The molecule has 3 heterocycles. The third-order valence-electron chi connectivity index (χ3n) is 4.89. The molecular weight excluding hydrogens is 338 g/mol. The van der Waals surface area contributed by atoms with Crippen LogP contribution in [0, 0.1) is 6.92 Å². The predicted octanol–water partition coefficient (Wildman–Crippen LogP) is 2.89. The highest BCUT2D eigenvalue weighted by Gasteiger charge is 2.24. The second-order valence-electron chi connectivity index (χ2n) is 7.11. The number of hydrogen-bond donors (Lipinski definition) is 2. The largest absolute Gasteiger partial charge is 0.350 e. The van der Waals surface area contributed by atoms with Crippen LogP contribution in [0.3, 0.4) is 0 Å². The fraction of sp³-hybridized carbons (Fsp3) is 0.400. The Morgan fingerprint density at radius 1 is 1.15 bits per heavy atom. The standard InChI is InChI=1S/C20H25N7/c1-15-24-19(26-25-15)18-8-5-9-27(14-18)13-17-11-22-20(23-12-17)21-10-16-6-3-2-4-7-16/h2-4,6-7,11-12,18H,5,8-10,13-14H2,1H3,(H,21,22,23)(H,24,25,26). The van der Waals surface area contributed by atoms with Gasteiger partial charge < -0.3 is 5.32 Å². The zero-order valence-electron chi connectivity index (χ0n) is 15.6. The molecule has 0 spiro atoms. The number of likely N-dealkylation sites (tertiary alicyclic amines) is 1. The first-order valence-electron chi connectivity index (χ1n) is 9.46. The number of nitrogens with one attached hydrogen (secondary N) is 2. The van der Waals surface area contributed by atoms with E-state index in [0.29, 0.717) is 11.9 Å². The summed E-state index contributed by atoms with van der Waals surface area (Å²) in [5, 5.41) is 10.6. The molecule has 1 aliphatic heterocycles. The van der Waals surface area contributed by atoms with Crippen LogP contribution in [-0.2, 0) is 13.1 Å². The molecular formula is C20H25N7. The molecule has 3 aromatic rings. The van der Waals surface area contributed by atoms with E-state index in [1.807, 2.05) is 37.5 Å². The average Bonchev–Trinajstić information content (AvgIpc) is 3.15. The third-order valence-corrected chi connectivity index (χ3v) is 4.89. The predicted molar refractivity (Wildman–Crippen MR) is 104 cm³/mol. The van der Waals surface area contributed by atoms with E-state index in [1.54, 1.807) is 0 Å². The van der Waals surface area contributed by atoms with E-state index in [1.165, 1.54) is 5.56 Å². The van der Waals surface area contributed by atoms with E-state index < -0.39 is 0 Å².